The molecule has 0 radical (unpaired) electrons. The minimum absolute atomic E-state index is 0.407. The summed E-state index contributed by atoms with van der Waals surface area (Å²) in [5.41, 5.74) is 0. The Kier molecular flexibility index (Phi) is 1.68. The summed E-state index contributed by atoms with van der Waals surface area (Å²) in [7, 11) is 0. The van der Waals surface area contributed by atoms with Crippen LogP contribution in [0.5, 0.6) is 0 Å². The van der Waals surface area contributed by atoms with Gasteiger partial charge in [-0.3, -0.25) is 0 Å². The van der Waals surface area contributed by atoms with E-state index in [1.165, 1.54) is 0 Å². The van der Waals surface area contributed by atoms with Crippen molar-refractivity contribution in [2.45, 2.75) is 6.42 Å². The monoisotopic (exact) mass is 123 g/mol. The van der Waals surface area contributed by atoms with Gasteiger partial charge in [-0.15, -0.1) is 0 Å². The molecule has 0 saturated heterocycles. The van der Waals surface area contributed by atoms with Gasteiger partial charge in [0.15, 0.2) is 0 Å². The number of carbonyl (C=O) groups excluding carboxylic acids is 1. The fourth-order valence-corrected chi connectivity index (χ4v) is 0.755. The van der Waals surface area contributed by atoms with Crippen LogP contribution in [-0.2, 0) is 4.79 Å². The molecule has 2 nitrogen and oxygen atoms in total. The van der Waals surface area contributed by atoms with Gasteiger partial charge in [0.2, 0.25) is 0 Å². The minimum atomic E-state index is -0.990. The second kappa shape index (κ2) is 2.49. The maximum absolute atomic E-state index is 10.2. The van der Waals surface area contributed by atoms with Crippen LogP contribution in [0.3, 0.4) is 0 Å². The molecule has 0 saturated carbocycles. The van der Waals surface area contributed by atoms with Gasteiger partial charge in [0, 0.05) is 11.9 Å². The van der Waals surface area contributed by atoms with Crippen molar-refractivity contribution in [1.29, 1.82) is 0 Å². The lowest BCUT2D eigenvalue weighted by atomic mass is 10.0. The number of hydrogen-bond donors (Lipinski definition) is 0. The summed E-state index contributed by atoms with van der Waals surface area (Å²) < 4.78 is 0. The van der Waals surface area contributed by atoms with E-state index in [1.807, 2.05) is 12.2 Å². The van der Waals surface area contributed by atoms with Crippen LogP contribution in [0.1, 0.15) is 6.42 Å². The SMILES string of the molecule is O=C([O-])C1C=CC=CC1. The maximum atomic E-state index is 10.2. The number of rotatable bonds is 1. The third kappa shape index (κ3) is 1.42. The van der Waals surface area contributed by atoms with E-state index in [2.05, 4.69) is 0 Å². The van der Waals surface area contributed by atoms with Crippen molar-refractivity contribution in [2.75, 3.05) is 0 Å². The first-order valence-electron chi connectivity index (χ1n) is 2.85. The van der Waals surface area contributed by atoms with Crippen LogP contribution in [-0.4, -0.2) is 5.97 Å². The lowest BCUT2D eigenvalue weighted by Crippen LogP contribution is -2.30. The summed E-state index contributed by atoms with van der Waals surface area (Å²) in [5.74, 6) is -1.40. The topological polar surface area (TPSA) is 40.1 Å². The molecule has 0 aromatic heterocycles. The molecule has 1 unspecified atom stereocenters. The van der Waals surface area contributed by atoms with Gasteiger partial charge in [-0.25, -0.2) is 0 Å². The van der Waals surface area contributed by atoms with Gasteiger partial charge >= 0.3 is 0 Å². The molecule has 0 N–H and O–H groups in total. The van der Waals surface area contributed by atoms with Crippen molar-refractivity contribution in [3.8, 4) is 0 Å². The minimum Gasteiger partial charge on any atom is -0.550 e. The molecular weight excluding hydrogens is 116 g/mol. The second-order valence-corrected chi connectivity index (χ2v) is 1.97. The maximum Gasteiger partial charge on any atom is 0.0486 e. The quantitative estimate of drug-likeness (QED) is 0.487. The Labute approximate surface area is 53.5 Å². The van der Waals surface area contributed by atoms with Crippen LogP contribution in [0.4, 0.5) is 0 Å². The molecule has 0 aliphatic heterocycles. The smallest absolute Gasteiger partial charge is 0.0486 e. The number of carbonyl (C=O) groups is 1. The predicted molar refractivity (Wildman–Crippen MR) is 31.4 cm³/mol. The average molecular weight is 123 g/mol. The third-order valence-corrected chi connectivity index (χ3v) is 1.28. The normalized spacial score (nSPS) is 24.2. The van der Waals surface area contributed by atoms with Crippen molar-refractivity contribution in [1.82, 2.24) is 0 Å². The number of aliphatic carboxylic acids is 1. The predicted octanol–water partition coefficient (Wildman–Crippen LogP) is -0.131. The van der Waals surface area contributed by atoms with E-state index >= 15 is 0 Å². The average Bonchev–Trinajstić information content (AvgIpc) is 1.90. The Morgan fingerprint density at radius 2 is 2.33 bits per heavy atom. The Morgan fingerprint density at radius 3 is 2.67 bits per heavy atom. The Hall–Kier alpha value is -1.05. The summed E-state index contributed by atoms with van der Waals surface area (Å²) in [6, 6.07) is 0. The van der Waals surface area contributed by atoms with E-state index in [4.69, 9.17) is 0 Å². The molecule has 0 aromatic carbocycles. The van der Waals surface area contributed by atoms with Crippen LogP contribution in [0.2, 0.25) is 0 Å². The molecule has 2 heteroatoms. The van der Waals surface area contributed by atoms with Crippen molar-refractivity contribution in [3.63, 3.8) is 0 Å². The Bertz CT molecular complexity index is 168. The molecule has 0 heterocycles. The van der Waals surface area contributed by atoms with Gasteiger partial charge in [0.25, 0.3) is 0 Å². The highest BCUT2D eigenvalue weighted by molar-refractivity contribution is 5.70. The van der Waals surface area contributed by atoms with Crippen LogP contribution in [0.15, 0.2) is 24.3 Å². The number of carboxylic acids is 1. The Balaban J connectivity index is 2.56. The van der Waals surface area contributed by atoms with E-state index in [1.54, 1.807) is 12.2 Å². The van der Waals surface area contributed by atoms with E-state index in [0.29, 0.717) is 6.42 Å². The van der Waals surface area contributed by atoms with Crippen molar-refractivity contribution >= 4 is 5.97 Å². The summed E-state index contributed by atoms with van der Waals surface area (Å²) >= 11 is 0. The molecule has 1 aliphatic rings. The first-order valence-corrected chi connectivity index (χ1v) is 2.85. The van der Waals surface area contributed by atoms with Gasteiger partial charge in [0.05, 0.1) is 0 Å². The lowest BCUT2D eigenvalue weighted by molar-refractivity contribution is -0.309. The molecule has 1 atom stereocenters. The van der Waals surface area contributed by atoms with Gasteiger partial charge in [-0.2, -0.15) is 0 Å². The fourth-order valence-electron chi connectivity index (χ4n) is 0.755. The molecule has 0 aromatic rings. The van der Waals surface area contributed by atoms with E-state index < -0.39 is 11.9 Å². The molecule has 48 valence electrons. The van der Waals surface area contributed by atoms with Crippen LogP contribution >= 0.6 is 0 Å². The Morgan fingerprint density at radius 1 is 1.56 bits per heavy atom. The first kappa shape index (κ1) is 6.08. The van der Waals surface area contributed by atoms with E-state index in [0.717, 1.165) is 0 Å². The van der Waals surface area contributed by atoms with Crippen LogP contribution in [0, 0.1) is 5.92 Å². The molecule has 0 amide bonds. The largest absolute Gasteiger partial charge is 0.550 e. The van der Waals surface area contributed by atoms with Crippen molar-refractivity contribution < 1.29 is 9.90 Å². The van der Waals surface area contributed by atoms with Gasteiger partial charge in [-0.1, -0.05) is 24.3 Å². The van der Waals surface area contributed by atoms with Crippen molar-refractivity contribution in [3.05, 3.63) is 24.3 Å². The highest BCUT2D eigenvalue weighted by atomic mass is 16.4. The molecule has 9 heavy (non-hydrogen) atoms. The lowest BCUT2D eigenvalue weighted by Gasteiger charge is -2.12. The molecule has 0 spiro atoms. The zero-order chi connectivity index (χ0) is 6.69. The molecule has 1 aliphatic carbocycles. The van der Waals surface area contributed by atoms with Gasteiger partial charge < -0.3 is 9.90 Å². The highest BCUT2D eigenvalue weighted by Gasteiger charge is 2.03. The summed E-state index contributed by atoms with van der Waals surface area (Å²) in [4.78, 5) is 10.2. The molecular formula is C7H7O2-. The molecule has 1 rings (SSSR count). The number of allylic oxidation sites excluding steroid dienone is 3. The second-order valence-electron chi connectivity index (χ2n) is 1.97. The summed E-state index contributed by atoms with van der Waals surface area (Å²) in [6.07, 6.45) is 7.58. The standard InChI is InChI=1S/C7H8O2/c8-7(9)6-4-2-1-3-5-6/h1-4,6H,5H2,(H,8,9)/p-1. The zero-order valence-corrected chi connectivity index (χ0v) is 4.91. The first-order chi connectivity index (χ1) is 4.30. The van der Waals surface area contributed by atoms with Crippen LogP contribution in [0.25, 0.3) is 0 Å². The third-order valence-electron chi connectivity index (χ3n) is 1.28. The number of hydrogen-bond acceptors (Lipinski definition) is 2. The van der Waals surface area contributed by atoms with Gasteiger partial charge in [0.1, 0.15) is 0 Å². The summed E-state index contributed by atoms with van der Waals surface area (Å²) in [5, 5.41) is 10.2. The highest BCUT2D eigenvalue weighted by Crippen LogP contribution is 2.09. The van der Waals surface area contributed by atoms with E-state index in [-0.39, 0.29) is 0 Å². The zero-order valence-electron chi connectivity index (χ0n) is 4.91. The molecule has 0 bridgehead atoms. The fraction of sp³-hybridized carbons (Fsp3) is 0.286. The van der Waals surface area contributed by atoms with Gasteiger partial charge in [-0.05, 0) is 6.42 Å². The van der Waals surface area contributed by atoms with Crippen LogP contribution < -0.4 is 5.11 Å². The molecule has 0 fully saturated rings. The van der Waals surface area contributed by atoms with Crippen molar-refractivity contribution in [2.24, 2.45) is 5.92 Å². The van der Waals surface area contributed by atoms with E-state index in [9.17, 15) is 9.90 Å². The summed E-state index contributed by atoms with van der Waals surface area (Å²) in [6.45, 7) is 0. The number of carboxylic acid groups (broad SMARTS) is 1.